The fourth-order valence-electron chi connectivity index (χ4n) is 3.46. The van der Waals surface area contributed by atoms with E-state index < -0.39 is 0 Å². The first kappa shape index (κ1) is 17.7. The van der Waals surface area contributed by atoms with E-state index in [2.05, 4.69) is 56.3 Å². The number of H-pyrrole nitrogens is 1. The molecule has 0 spiro atoms. The molecule has 0 bridgehead atoms. The van der Waals surface area contributed by atoms with Crippen molar-refractivity contribution >= 4 is 17.4 Å². The lowest BCUT2D eigenvalue weighted by molar-refractivity contribution is 0.628. The molecule has 3 aromatic heterocycles. The Bertz CT molecular complexity index is 1290. The SMILES string of the molecule is CSc1ccc(-c2cnc3ccc(-c4cn[nH]c4-c4ccc(F)cc4)cn23)cc1. The number of hydrogen-bond donors (Lipinski definition) is 1. The van der Waals surface area contributed by atoms with Crippen molar-refractivity contribution in [3.63, 3.8) is 0 Å². The molecule has 0 aliphatic heterocycles. The van der Waals surface area contributed by atoms with Crippen LogP contribution < -0.4 is 0 Å². The van der Waals surface area contributed by atoms with Crippen LogP contribution in [0.15, 0.2) is 84.1 Å². The maximum Gasteiger partial charge on any atom is 0.137 e. The van der Waals surface area contributed by atoms with Crippen LogP contribution in [0.4, 0.5) is 4.39 Å². The second-order valence-electron chi connectivity index (χ2n) is 6.68. The van der Waals surface area contributed by atoms with Gasteiger partial charge in [0, 0.05) is 33.3 Å². The van der Waals surface area contributed by atoms with E-state index in [9.17, 15) is 4.39 Å². The summed E-state index contributed by atoms with van der Waals surface area (Å²) in [5.74, 6) is -0.258. The number of hydrogen-bond acceptors (Lipinski definition) is 3. The first-order valence-electron chi connectivity index (χ1n) is 9.14. The third kappa shape index (κ3) is 3.21. The van der Waals surface area contributed by atoms with Crippen molar-refractivity contribution < 1.29 is 4.39 Å². The van der Waals surface area contributed by atoms with Crippen LogP contribution in [-0.2, 0) is 0 Å². The van der Waals surface area contributed by atoms with E-state index in [1.807, 2.05) is 18.3 Å². The molecule has 142 valence electrons. The molecule has 0 aliphatic rings. The van der Waals surface area contributed by atoms with Crippen LogP contribution in [0, 0.1) is 5.82 Å². The van der Waals surface area contributed by atoms with Crippen LogP contribution in [-0.4, -0.2) is 25.8 Å². The van der Waals surface area contributed by atoms with Gasteiger partial charge in [0.25, 0.3) is 0 Å². The quantitative estimate of drug-likeness (QED) is 0.381. The summed E-state index contributed by atoms with van der Waals surface area (Å²) in [4.78, 5) is 5.77. The Morgan fingerprint density at radius 3 is 2.34 bits per heavy atom. The summed E-state index contributed by atoms with van der Waals surface area (Å²) >= 11 is 1.72. The number of benzene rings is 2. The molecule has 0 saturated heterocycles. The van der Waals surface area contributed by atoms with Gasteiger partial charge < -0.3 is 0 Å². The molecule has 4 nitrogen and oxygen atoms in total. The van der Waals surface area contributed by atoms with E-state index in [1.54, 1.807) is 30.1 Å². The number of nitrogens with zero attached hydrogens (tertiary/aromatic N) is 3. The van der Waals surface area contributed by atoms with E-state index in [0.717, 1.165) is 39.3 Å². The summed E-state index contributed by atoms with van der Waals surface area (Å²) in [5.41, 5.74) is 6.72. The Kier molecular flexibility index (Phi) is 4.41. The van der Waals surface area contributed by atoms with Crippen molar-refractivity contribution in [3.05, 3.63) is 85.1 Å². The Morgan fingerprint density at radius 2 is 1.59 bits per heavy atom. The van der Waals surface area contributed by atoms with Gasteiger partial charge in [-0.3, -0.25) is 9.50 Å². The molecular formula is C23H17FN4S. The molecule has 6 heteroatoms. The molecule has 0 radical (unpaired) electrons. The average Bonchev–Trinajstić information content (AvgIpc) is 3.41. The Hall–Kier alpha value is -3.38. The van der Waals surface area contributed by atoms with Crippen molar-refractivity contribution in [3.8, 4) is 33.6 Å². The van der Waals surface area contributed by atoms with Crippen LogP contribution >= 0.6 is 11.8 Å². The van der Waals surface area contributed by atoms with Gasteiger partial charge in [0.15, 0.2) is 0 Å². The van der Waals surface area contributed by atoms with Gasteiger partial charge in [-0.25, -0.2) is 9.37 Å². The highest BCUT2D eigenvalue weighted by Crippen LogP contribution is 2.32. The van der Waals surface area contributed by atoms with Crippen molar-refractivity contribution in [2.24, 2.45) is 0 Å². The van der Waals surface area contributed by atoms with E-state index in [1.165, 1.54) is 17.0 Å². The minimum Gasteiger partial charge on any atom is -0.299 e. The van der Waals surface area contributed by atoms with Crippen LogP contribution in [0.2, 0.25) is 0 Å². The number of aromatic amines is 1. The monoisotopic (exact) mass is 400 g/mol. The number of aromatic nitrogens is 4. The molecule has 5 aromatic rings. The average molecular weight is 400 g/mol. The Labute approximate surface area is 171 Å². The zero-order valence-electron chi connectivity index (χ0n) is 15.6. The summed E-state index contributed by atoms with van der Waals surface area (Å²) < 4.78 is 15.4. The third-order valence-corrected chi connectivity index (χ3v) is 5.72. The van der Waals surface area contributed by atoms with Gasteiger partial charge in [-0.05, 0) is 54.8 Å². The van der Waals surface area contributed by atoms with Gasteiger partial charge in [-0.1, -0.05) is 12.1 Å². The molecular weight excluding hydrogens is 383 g/mol. The lowest BCUT2D eigenvalue weighted by atomic mass is 10.0. The molecule has 0 fully saturated rings. The predicted molar refractivity (Wildman–Crippen MR) is 115 cm³/mol. The summed E-state index contributed by atoms with van der Waals surface area (Å²) in [5, 5.41) is 7.26. The highest BCUT2D eigenvalue weighted by molar-refractivity contribution is 7.98. The molecule has 29 heavy (non-hydrogen) atoms. The molecule has 0 aliphatic carbocycles. The number of fused-ring (bicyclic) bond motifs is 1. The standard InChI is InChI=1S/C23H17FN4S/c1-29-19-9-4-15(5-10-19)21-13-25-22-11-6-17(14-28(21)22)20-12-26-27-23(20)16-2-7-18(24)8-3-16/h2-14H,1H3,(H,26,27). The first-order valence-corrected chi connectivity index (χ1v) is 10.4. The van der Waals surface area contributed by atoms with E-state index in [4.69, 9.17) is 0 Å². The van der Waals surface area contributed by atoms with Gasteiger partial charge in [0.05, 0.1) is 23.8 Å². The Balaban J connectivity index is 1.61. The Morgan fingerprint density at radius 1 is 0.862 bits per heavy atom. The summed E-state index contributed by atoms with van der Waals surface area (Å²) in [6.45, 7) is 0. The lowest BCUT2D eigenvalue weighted by Gasteiger charge is -2.07. The van der Waals surface area contributed by atoms with Gasteiger partial charge >= 0.3 is 0 Å². The number of rotatable bonds is 4. The molecule has 5 rings (SSSR count). The molecule has 1 N–H and O–H groups in total. The lowest BCUT2D eigenvalue weighted by Crippen LogP contribution is -1.91. The largest absolute Gasteiger partial charge is 0.299 e. The molecule has 3 heterocycles. The molecule has 2 aromatic carbocycles. The van der Waals surface area contributed by atoms with Crippen LogP contribution in [0.25, 0.3) is 39.3 Å². The molecule has 0 atom stereocenters. The fourth-order valence-corrected chi connectivity index (χ4v) is 3.87. The van der Waals surface area contributed by atoms with E-state index >= 15 is 0 Å². The zero-order valence-corrected chi connectivity index (χ0v) is 16.4. The zero-order chi connectivity index (χ0) is 19.8. The number of imidazole rings is 1. The minimum absolute atomic E-state index is 0.258. The third-order valence-electron chi connectivity index (χ3n) is 4.97. The molecule has 0 amide bonds. The van der Waals surface area contributed by atoms with Crippen molar-refractivity contribution in [2.75, 3.05) is 6.26 Å². The summed E-state index contributed by atoms with van der Waals surface area (Å²) in [7, 11) is 0. The van der Waals surface area contributed by atoms with Crippen LogP contribution in [0.1, 0.15) is 0 Å². The van der Waals surface area contributed by atoms with Gasteiger partial charge in [0.2, 0.25) is 0 Å². The minimum atomic E-state index is -0.258. The van der Waals surface area contributed by atoms with E-state index in [-0.39, 0.29) is 5.82 Å². The second-order valence-corrected chi connectivity index (χ2v) is 7.56. The maximum absolute atomic E-state index is 13.3. The van der Waals surface area contributed by atoms with Crippen molar-refractivity contribution in [1.29, 1.82) is 0 Å². The predicted octanol–water partition coefficient (Wildman–Crippen LogP) is 5.92. The number of nitrogens with one attached hydrogen (secondary N) is 1. The first-order chi connectivity index (χ1) is 14.2. The number of halogens is 1. The fraction of sp³-hybridized carbons (Fsp3) is 0.0435. The van der Waals surface area contributed by atoms with Crippen LogP contribution in [0.3, 0.4) is 0 Å². The van der Waals surface area contributed by atoms with Crippen molar-refractivity contribution in [1.82, 2.24) is 19.6 Å². The maximum atomic E-state index is 13.3. The van der Waals surface area contributed by atoms with Gasteiger partial charge in [-0.2, -0.15) is 5.10 Å². The number of pyridine rings is 1. The molecule has 0 saturated carbocycles. The smallest absolute Gasteiger partial charge is 0.137 e. The number of thioether (sulfide) groups is 1. The van der Waals surface area contributed by atoms with E-state index in [0.29, 0.717) is 0 Å². The second kappa shape index (κ2) is 7.22. The highest BCUT2D eigenvalue weighted by atomic mass is 32.2. The normalized spacial score (nSPS) is 11.2. The summed E-state index contributed by atoms with van der Waals surface area (Å²) in [6.07, 6.45) is 7.82. The van der Waals surface area contributed by atoms with Crippen molar-refractivity contribution in [2.45, 2.75) is 4.90 Å². The van der Waals surface area contributed by atoms with Gasteiger partial charge in [0.1, 0.15) is 11.5 Å². The summed E-state index contributed by atoms with van der Waals surface area (Å²) in [6, 6.07) is 18.9. The van der Waals surface area contributed by atoms with Crippen LogP contribution in [0.5, 0.6) is 0 Å². The van der Waals surface area contributed by atoms with Gasteiger partial charge in [-0.15, -0.1) is 11.8 Å². The molecule has 0 unspecified atom stereocenters. The highest BCUT2D eigenvalue weighted by Gasteiger charge is 2.13. The topological polar surface area (TPSA) is 46.0 Å².